The Morgan fingerprint density at radius 1 is 1.17 bits per heavy atom. The van der Waals surface area contributed by atoms with Crippen LogP contribution in [0.15, 0.2) is 51.8 Å². The molecule has 4 nitrogen and oxygen atoms in total. The summed E-state index contributed by atoms with van der Waals surface area (Å²) in [4.78, 5) is 23.0. The second kappa shape index (κ2) is 7.19. The van der Waals surface area contributed by atoms with E-state index in [4.69, 9.17) is 4.74 Å². The van der Waals surface area contributed by atoms with E-state index in [0.717, 1.165) is 22.9 Å². The van der Waals surface area contributed by atoms with Gasteiger partial charge < -0.3 is 4.74 Å². The fraction of sp³-hybridized carbons (Fsp3) is 0.0588. The van der Waals surface area contributed by atoms with Gasteiger partial charge in [0, 0.05) is 0 Å². The summed E-state index contributed by atoms with van der Waals surface area (Å²) in [6.07, 6.45) is 1.64. The Hall–Kier alpha value is -2.12. The lowest BCUT2D eigenvalue weighted by Crippen LogP contribution is -2.17. The van der Waals surface area contributed by atoms with E-state index in [0.29, 0.717) is 21.7 Å². The Bertz CT molecular complexity index is 836. The molecule has 0 saturated carbocycles. The number of hydrogen-bond acceptors (Lipinski definition) is 4. The molecular formula is C17H11BrFNO3S. The lowest BCUT2D eigenvalue weighted by molar-refractivity contribution is -0.115. The summed E-state index contributed by atoms with van der Waals surface area (Å²) in [5.41, 5.74) is 1.62. The predicted molar refractivity (Wildman–Crippen MR) is 94.0 cm³/mol. The summed E-state index contributed by atoms with van der Waals surface area (Å²) in [6, 6.07) is 11.4. The molecule has 0 aliphatic carbocycles. The van der Waals surface area contributed by atoms with E-state index in [1.165, 1.54) is 12.1 Å². The van der Waals surface area contributed by atoms with Crippen LogP contribution in [0, 0.1) is 5.82 Å². The van der Waals surface area contributed by atoms with Gasteiger partial charge >= 0.3 is 0 Å². The number of halogens is 2. The van der Waals surface area contributed by atoms with Crippen LogP contribution in [-0.2, 0) is 11.4 Å². The van der Waals surface area contributed by atoms with Crippen LogP contribution < -0.4 is 10.1 Å². The maximum atomic E-state index is 12.9. The highest BCUT2D eigenvalue weighted by atomic mass is 79.9. The molecular weight excluding hydrogens is 397 g/mol. The Kier molecular flexibility index (Phi) is 5.01. The van der Waals surface area contributed by atoms with Crippen LogP contribution in [0.5, 0.6) is 5.75 Å². The number of nitrogens with one attached hydrogen (secondary N) is 1. The van der Waals surface area contributed by atoms with Gasteiger partial charge in [0.25, 0.3) is 11.1 Å². The normalized spacial score (nSPS) is 15.7. The van der Waals surface area contributed by atoms with E-state index in [2.05, 4.69) is 21.2 Å². The Morgan fingerprint density at radius 3 is 2.54 bits per heavy atom. The van der Waals surface area contributed by atoms with E-state index >= 15 is 0 Å². The van der Waals surface area contributed by atoms with E-state index in [9.17, 15) is 14.0 Å². The second-order valence-electron chi connectivity index (χ2n) is 4.96. The first-order valence-electron chi connectivity index (χ1n) is 6.93. The first-order valence-corrected chi connectivity index (χ1v) is 8.54. The molecule has 1 N–H and O–H groups in total. The van der Waals surface area contributed by atoms with Crippen molar-refractivity contribution in [2.24, 2.45) is 0 Å². The van der Waals surface area contributed by atoms with Crippen LogP contribution in [0.3, 0.4) is 0 Å². The van der Waals surface area contributed by atoms with Gasteiger partial charge in [-0.15, -0.1) is 0 Å². The summed E-state index contributed by atoms with van der Waals surface area (Å²) in [5.74, 6) is -0.0524. The van der Waals surface area contributed by atoms with Gasteiger partial charge in [-0.2, -0.15) is 0 Å². The molecule has 24 heavy (non-hydrogen) atoms. The molecule has 0 bridgehead atoms. The van der Waals surface area contributed by atoms with Crippen molar-refractivity contribution in [3.8, 4) is 5.75 Å². The Labute approximate surface area is 150 Å². The summed E-state index contributed by atoms with van der Waals surface area (Å²) in [7, 11) is 0. The molecule has 0 spiro atoms. The number of ether oxygens (including phenoxy) is 1. The lowest BCUT2D eigenvalue weighted by atomic mass is 10.2. The summed E-state index contributed by atoms with van der Waals surface area (Å²) in [5, 5.41) is 1.84. The molecule has 0 atom stereocenters. The minimum absolute atomic E-state index is 0.287. The maximum absolute atomic E-state index is 12.9. The fourth-order valence-corrected chi connectivity index (χ4v) is 3.23. The summed E-state index contributed by atoms with van der Waals surface area (Å²) in [6.45, 7) is 0.312. The third-order valence-electron chi connectivity index (χ3n) is 3.20. The van der Waals surface area contributed by atoms with Crippen molar-refractivity contribution in [2.45, 2.75) is 6.61 Å². The molecule has 1 aliphatic rings. The highest BCUT2D eigenvalue weighted by Gasteiger charge is 2.24. The molecule has 0 radical (unpaired) electrons. The zero-order valence-electron chi connectivity index (χ0n) is 12.2. The van der Waals surface area contributed by atoms with Crippen LogP contribution in [0.2, 0.25) is 0 Å². The number of thioether (sulfide) groups is 1. The molecule has 1 heterocycles. The van der Waals surface area contributed by atoms with Gasteiger partial charge in [-0.1, -0.05) is 18.2 Å². The zero-order chi connectivity index (χ0) is 17.1. The topological polar surface area (TPSA) is 55.4 Å². The van der Waals surface area contributed by atoms with Gasteiger partial charge in [0.05, 0.1) is 9.38 Å². The van der Waals surface area contributed by atoms with Gasteiger partial charge in [0.2, 0.25) is 0 Å². The summed E-state index contributed by atoms with van der Waals surface area (Å²) >= 11 is 4.29. The number of benzene rings is 2. The number of rotatable bonds is 4. The molecule has 1 fully saturated rings. The third kappa shape index (κ3) is 4.04. The van der Waals surface area contributed by atoms with E-state index < -0.39 is 5.91 Å². The van der Waals surface area contributed by atoms with Crippen LogP contribution >= 0.6 is 27.7 Å². The van der Waals surface area contributed by atoms with E-state index in [-0.39, 0.29) is 11.1 Å². The first kappa shape index (κ1) is 16.7. The predicted octanol–water partition coefficient (Wildman–Crippen LogP) is 4.49. The minimum Gasteiger partial charge on any atom is -0.488 e. The molecule has 2 aromatic rings. The number of carbonyl (C=O) groups excluding carboxylic acids is 2. The third-order valence-corrected chi connectivity index (χ3v) is 4.63. The van der Waals surface area contributed by atoms with Crippen molar-refractivity contribution < 1.29 is 18.7 Å². The van der Waals surface area contributed by atoms with Gasteiger partial charge in [0.15, 0.2) is 0 Å². The van der Waals surface area contributed by atoms with Crippen LogP contribution in [0.25, 0.3) is 6.08 Å². The molecule has 7 heteroatoms. The van der Waals surface area contributed by atoms with Gasteiger partial charge in [0.1, 0.15) is 18.2 Å². The highest BCUT2D eigenvalue weighted by Crippen LogP contribution is 2.30. The van der Waals surface area contributed by atoms with E-state index in [1.54, 1.807) is 36.4 Å². The van der Waals surface area contributed by atoms with Crippen molar-refractivity contribution in [3.05, 3.63) is 68.8 Å². The smallest absolute Gasteiger partial charge is 0.290 e. The number of imide groups is 1. The molecule has 0 unspecified atom stereocenters. The molecule has 1 aliphatic heterocycles. The van der Waals surface area contributed by atoms with E-state index in [1.807, 2.05) is 0 Å². The maximum Gasteiger partial charge on any atom is 0.290 e. The van der Waals surface area contributed by atoms with Crippen LogP contribution in [0.1, 0.15) is 11.1 Å². The first-order chi connectivity index (χ1) is 11.5. The monoisotopic (exact) mass is 407 g/mol. The SMILES string of the molecule is O=C1NC(=O)/C(=C\c2ccc(OCc3ccc(F)cc3)c(Br)c2)S1. The number of amides is 2. The van der Waals surface area contributed by atoms with Gasteiger partial charge in [-0.3, -0.25) is 14.9 Å². The highest BCUT2D eigenvalue weighted by molar-refractivity contribution is 9.10. The van der Waals surface area contributed by atoms with Gasteiger partial charge in [-0.05, 0) is 69.2 Å². The number of carbonyl (C=O) groups is 2. The zero-order valence-corrected chi connectivity index (χ0v) is 14.6. The average molecular weight is 408 g/mol. The number of hydrogen-bond donors (Lipinski definition) is 1. The quantitative estimate of drug-likeness (QED) is 0.758. The minimum atomic E-state index is -0.391. The molecule has 0 aromatic heterocycles. The largest absolute Gasteiger partial charge is 0.488 e. The lowest BCUT2D eigenvalue weighted by Gasteiger charge is -2.09. The Morgan fingerprint density at radius 2 is 1.92 bits per heavy atom. The van der Waals surface area contributed by atoms with Crippen LogP contribution in [0.4, 0.5) is 9.18 Å². The van der Waals surface area contributed by atoms with Crippen molar-refractivity contribution in [1.29, 1.82) is 0 Å². The second-order valence-corrected chi connectivity index (χ2v) is 6.83. The average Bonchev–Trinajstić information content (AvgIpc) is 2.86. The van der Waals surface area contributed by atoms with Gasteiger partial charge in [-0.25, -0.2) is 4.39 Å². The molecule has 122 valence electrons. The molecule has 3 rings (SSSR count). The van der Waals surface area contributed by atoms with Crippen molar-refractivity contribution in [1.82, 2.24) is 5.32 Å². The van der Waals surface area contributed by atoms with Crippen molar-refractivity contribution in [2.75, 3.05) is 0 Å². The summed E-state index contributed by atoms with van der Waals surface area (Å²) < 4.78 is 19.3. The molecule has 2 amide bonds. The molecule has 1 saturated heterocycles. The Balaban J connectivity index is 1.70. The van der Waals surface area contributed by atoms with Crippen LogP contribution in [-0.4, -0.2) is 11.1 Å². The fourth-order valence-electron chi connectivity index (χ4n) is 2.04. The van der Waals surface area contributed by atoms with Crippen molar-refractivity contribution >= 4 is 44.9 Å². The molecule has 2 aromatic carbocycles. The standard InChI is InChI=1S/C17H11BrFNO3S/c18-13-7-11(8-15-16(21)20-17(22)24-15)3-6-14(13)23-9-10-1-4-12(19)5-2-10/h1-8H,9H2,(H,20,21,22)/b15-8+. The van der Waals surface area contributed by atoms with Crippen molar-refractivity contribution in [3.63, 3.8) is 0 Å².